The quantitative estimate of drug-likeness (QED) is 0.662. The molecule has 0 aliphatic carbocycles. The van der Waals surface area contributed by atoms with Crippen LogP contribution in [-0.4, -0.2) is 53.0 Å². The van der Waals surface area contributed by atoms with Gasteiger partial charge in [-0.05, 0) is 18.1 Å². The van der Waals surface area contributed by atoms with Crippen LogP contribution >= 0.6 is 0 Å². The number of H-pyrrole nitrogens is 1. The van der Waals surface area contributed by atoms with Crippen LogP contribution in [-0.2, 0) is 9.16 Å². The van der Waals surface area contributed by atoms with Crippen molar-refractivity contribution in [3.8, 4) is 0 Å². The first-order valence-electron chi connectivity index (χ1n) is 7.91. The highest BCUT2D eigenvalue weighted by atomic mass is 28.4. The number of aliphatic hydroxyl groups is 2. The summed E-state index contributed by atoms with van der Waals surface area (Å²) in [4.78, 5) is 25.3. The molecule has 0 spiro atoms. The molecular weight excluding hydrogens is 332 g/mol. The summed E-state index contributed by atoms with van der Waals surface area (Å²) < 4.78 is 13.0. The Balaban J connectivity index is 2.31. The largest absolute Gasteiger partial charge is 0.408 e. The van der Waals surface area contributed by atoms with Crippen LogP contribution in [0.3, 0.4) is 0 Å². The molecule has 0 saturated carbocycles. The first-order chi connectivity index (χ1) is 11.0. The molecule has 2 rings (SSSR count). The van der Waals surface area contributed by atoms with Gasteiger partial charge in [0.25, 0.3) is 5.56 Å². The fraction of sp³-hybridized carbons (Fsp3) is 0.733. The summed E-state index contributed by atoms with van der Waals surface area (Å²) >= 11 is 0. The number of hydrogen-bond acceptors (Lipinski definition) is 6. The first kappa shape index (κ1) is 19.1. The van der Waals surface area contributed by atoms with Crippen LogP contribution in [0, 0.1) is 0 Å². The summed E-state index contributed by atoms with van der Waals surface area (Å²) in [7, 11) is -2.22. The third kappa shape index (κ3) is 3.54. The number of nitrogens with one attached hydrogen (secondary N) is 1. The summed E-state index contributed by atoms with van der Waals surface area (Å²) in [5.74, 6) is 0. The van der Waals surface area contributed by atoms with E-state index in [4.69, 9.17) is 9.16 Å². The molecule has 0 aromatic carbocycles. The van der Waals surface area contributed by atoms with Crippen LogP contribution < -0.4 is 11.2 Å². The van der Waals surface area contributed by atoms with Gasteiger partial charge in [0.05, 0.1) is 6.61 Å². The van der Waals surface area contributed by atoms with Crippen LogP contribution in [0.15, 0.2) is 21.9 Å². The average Bonchev–Trinajstić information content (AvgIpc) is 2.74. The van der Waals surface area contributed by atoms with E-state index in [-0.39, 0.29) is 11.6 Å². The number of ether oxygens (including phenoxy) is 1. The van der Waals surface area contributed by atoms with Gasteiger partial charge in [-0.2, -0.15) is 0 Å². The maximum atomic E-state index is 11.9. The molecule has 1 saturated heterocycles. The van der Waals surface area contributed by atoms with Crippen molar-refractivity contribution in [1.82, 2.24) is 9.55 Å². The minimum Gasteiger partial charge on any atom is -0.408 e. The molecule has 1 aromatic heterocycles. The fourth-order valence-corrected chi connectivity index (χ4v) is 3.71. The van der Waals surface area contributed by atoms with Crippen molar-refractivity contribution in [2.75, 3.05) is 6.61 Å². The topological polar surface area (TPSA) is 114 Å². The van der Waals surface area contributed by atoms with E-state index in [0.29, 0.717) is 0 Å². The summed E-state index contributed by atoms with van der Waals surface area (Å²) in [5.41, 5.74) is -1.22. The maximum Gasteiger partial charge on any atom is 0.330 e. The predicted octanol–water partition coefficient (Wildman–Crippen LogP) is 0.178. The second-order valence-corrected chi connectivity index (χ2v) is 12.4. The second-order valence-electron chi connectivity index (χ2n) is 7.60. The molecule has 1 aromatic rings. The van der Waals surface area contributed by atoms with Crippen LogP contribution in [0.1, 0.15) is 27.0 Å². The number of aromatic nitrogens is 2. The molecule has 2 heterocycles. The van der Waals surface area contributed by atoms with E-state index in [9.17, 15) is 19.8 Å². The number of aromatic amines is 1. The SMILES string of the molecule is CC(C)(C)[Si](C)(C)O[C@H]1[C@@H](O)[C@H](n2ccc(=O)[nH]c2=O)O[C@@H]1CO. The second kappa shape index (κ2) is 6.56. The molecule has 4 atom stereocenters. The molecule has 8 nitrogen and oxygen atoms in total. The first-order valence-corrected chi connectivity index (χ1v) is 10.8. The van der Waals surface area contributed by atoms with Crippen molar-refractivity contribution in [3.63, 3.8) is 0 Å². The number of nitrogens with zero attached hydrogens (tertiary/aromatic N) is 1. The summed E-state index contributed by atoms with van der Waals surface area (Å²) in [6.45, 7) is 9.93. The molecule has 24 heavy (non-hydrogen) atoms. The van der Waals surface area contributed by atoms with Crippen molar-refractivity contribution in [2.24, 2.45) is 0 Å². The van der Waals surface area contributed by atoms with Crippen molar-refractivity contribution < 1.29 is 19.4 Å². The van der Waals surface area contributed by atoms with Gasteiger partial charge in [0.2, 0.25) is 0 Å². The van der Waals surface area contributed by atoms with Crippen LogP contribution in [0.2, 0.25) is 18.1 Å². The lowest BCUT2D eigenvalue weighted by Gasteiger charge is -2.39. The van der Waals surface area contributed by atoms with E-state index >= 15 is 0 Å². The lowest BCUT2D eigenvalue weighted by molar-refractivity contribution is -0.0547. The Morgan fingerprint density at radius 2 is 2.00 bits per heavy atom. The number of hydrogen-bond donors (Lipinski definition) is 3. The third-order valence-corrected chi connectivity index (χ3v) is 9.33. The van der Waals surface area contributed by atoms with Gasteiger partial charge in [-0.25, -0.2) is 4.79 Å². The third-order valence-electron chi connectivity index (χ3n) is 4.85. The summed E-state index contributed by atoms with van der Waals surface area (Å²) in [6.07, 6.45) is -2.41. The molecule has 0 amide bonds. The van der Waals surface area contributed by atoms with E-state index in [1.165, 1.54) is 12.3 Å². The Morgan fingerprint density at radius 3 is 2.50 bits per heavy atom. The lowest BCUT2D eigenvalue weighted by Crippen LogP contribution is -2.50. The zero-order valence-electron chi connectivity index (χ0n) is 14.6. The van der Waals surface area contributed by atoms with Gasteiger partial charge in [-0.3, -0.25) is 14.3 Å². The minimum absolute atomic E-state index is 0.0837. The minimum atomic E-state index is -2.22. The van der Waals surface area contributed by atoms with Gasteiger partial charge >= 0.3 is 5.69 Å². The Morgan fingerprint density at radius 1 is 1.38 bits per heavy atom. The molecule has 3 N–H and O–H groups in total. The van der Waals surface area contributed by atoms with Crippen molar-refractivity contribution in [2.45, 2.75) is 63.4 Å². The zero-order chi connectivity index (χ0) is 18.3. The van der Waals surface area contributed by atoms with Crippen molar-refractivity contribution >= 4 is 8.32 Å². The molecule has 0 radical (unpaired) electrons. The Hall–Kier alpha value is -1.26. The summed E-state index contributed by atoms with van der Waals surface area (Å²) in [6, 6.07) is 1.17. The monoisotopic (exact) mass is 358 g/mol. The van der Waals surface area contributed by atoms with E-state index in [0.717, 1.165) is 4.57 Å². The Kier molecular flexibility index (Phi) is 5.21. The van der Waals surface area contributed by atoms with Crippen molar-refractivity contribution in [1.29, 1.82) is 0 Å². The average molecular weight is 358 g/mol. The molecular formula is C15H26N2O6Si. The lowest BCUT2D eigenvalue weighted by atomic mass is 10.1. The van der Waals surface area contributed by atoms with E-state index in [1.54, 1.807) is 0 Å². The van der Waals surface area contributed by atoms with E-state index in [1.807, 2.05) is 13.1 Å². The number of aliphatic hydroxyl groups excluding tert-OH is 2. The molecule has 136 valence electrons. The molecule has 0 bridgehead atoms. The van der Waals surface area contributed by atoms with Crippen molar-refractivity contribution in [3.05, 3.63) is 33.1 Å². The van der Waals surface area contributed by atoms with Gasteiger partial charge in [0, 0.05) is 12.3 Å². The highest BCUT2D eigenvalue weighted by Gasteiger charge is 2.50. The highest BCUT2D eigenvalue weighted by molar-refractivity contribution is 6.74. The van der Waals surface area contributed by atoms with Gasteiger partial charge in [-0.1, -0.05) is 20.8 Å². The van der Waals surface area contributed by atoms with Gasteiger partial charge in [0.15, 0.2) is 14.5 Å². The van der Waals surface area contributed by atoms with Gasteiger partial charge in [0.1, 0.15) is 18.3 Å². The highest BCUT2D eigenvalue weighted by Crippen LogP contribution is 2.40. The normalized spacial score (nSPS) is 28.3. The summed E-state index contributed by atoms with van der Waals surface area (Å²) in [5, 5.41) is 20.1. The Bertz CT molecular complexity index is 692. The zero-order valence-corrected chi connectivity index (χ0v) is 15.6. The van der Waals surface area contributed by atoms with E-state index < -0.39 is 44.1 Å². The van der Waals surface area contributed by atoms with Crippen LogP contribution in [0.5, 0.6) is 0 Å². The molecule has 1 fully saturated rings. The maximum absolute atomic E-state index is 11.9. The fourth-order valence-electron chi connectivity index (χ4n) is 2.39. The van der Waals surface area contributed by atoms with Crippen LogP contribution in [0.4, 0.5) is 0 Å². The molecule has 1 aliphatic rings. The van der Waals surface area contributed by atoms with Gasteiger partial charge < -0.3 is 19.4 Å². The molecule has 0 unspecified atom stereocenters. The Labute approximate surface area is 141 Å². The van der Waals surface area contributed by atoms with Crippen LogP contribution in [0.25, 0.3) is 0 Å². The molecule has 9 heteroatoms. The van der Waals surface area contributed by atoms with E-state index in [2.05, 4.69) is 25.8 Å². The standard InChI is InChI=1S/C15H26N2O6Si/c1-15(2,3)24(4,5)23-12-9(8-18)22-13(11(12)20)17-7-6-10(19)16-14(17)21/h6-7,9,11-13,18,20H,8H2,1-5H3,(H,16,19,21)/t9-,11-,12-,13-/m1/s1. The predicted molar refractivity (Wildman–Crippen MR) is 90.4 cm³/mol. The van der Waals surface area contributed by atoms with Gasteiger partial charge in [-0.15, -0.1) is 0 Å². The number of rotatable bonds is 4. The smallest absolute Gasteiger partial charge is 0.330 e. The molecule has 1 aliphatic heterocycles.